The molecule has 24 heavy (non-hydrogen) atoms. The average Bonchev–Trinajstić information content (AvgIpc) is 2.75. The summed E-state index contributed by atoms with van der Waals surface area (Å²) in [6, 6.07) is 12.3. The Morgan fingerprint density at radius 1 is 1.12 bits per heavy atom. The van der Waals surface area contributed by atoms with Crippen LogP contribution in [0.1, 0.15) is 16.7 Å². The third-order valence-corrected chi connectivity index (χ3v) is 3.95. The number of carbonyl (C=O) groups excluding carboxylic acids is 1. The standard InChI is InChI=1S/C18H19FN2O3/c19-16-3-1-2-13(10-16)12-23-17-5-4-14-6-8-21(24-18(20)22)9-7-15(14)11-17/h1-5,10-11H,6-9,12H2,(H2,20,22). The third-order valence-electron chi connectivity index (χ3n) is 3.95. The first-order valence-corrected chi connectivity index (χ1v) is 7.81. The van der Waals surface area contributed by atoms with Crippen molar-refractivity contribution in [3.63, 3.8) is 0 Å². The Bertz CT molecular complexity index is 736. The SMILES string of the molecule is NC(=O)ON1CCc2ccc(OCc3cccc(F)c3)cc2CC1. The Hall–Kier alpha value is -2.60. The molecule has 1 aliphatic rings. The van der Waals surface area contributed by atoms with Crippen LogP contribution >= 0.6 is 0 Å². The topological polar surface area (TPSA) is 64.8 Å². The summed E-state index contributed by atoms with van der Waals surface area (Å²) in [7, 11) is 0. The number of ether oxygens (including phenoxy) is 1. The molecule has 2 N–H and O–H groups in total. The van der Waals surface area contributed by atoms with Crippen molar-refractivity contribution in [2.75, 3.05) is 13.1 Å². The van der Waals surface area contributed by atoms with Crippen molar-refractivity contribution in [2.24, 2.45) is 5.73 Å². The Morgan fingerprint density at radius 3 is 2.67 bits per heavy atom. The fourth-order valence-corrected chi connectivity index (χ4v) is 2.78. The molecule has 6 heteroatoms. The van der Waals surface area contributed by atoms with Crippen LogP contribution in [0, 0.1) is 5.82 Å². The number of hydrogen-bond acceptors (Lipinski definition) is 4. The number of nitrogens with two attached hydrogens (primary N) is 1. The van der Waals surface area contributed by atoms with Crippen molar-refractivity contribution in [3.05, 3.63) is 65.0 Å². The number of primary amides is 1. The molecule has 2 aromatic rings. The van der Waals surface area contributed by atoms with Crippen molar-refractivity contribution >= 4 is 6.09 Å². The van der Waals surface area contributed by atoms with Crippen molar-refractivity contribution in [2.45, 2.75) is 19.4 Å². The number of halogens is 1. The second-order valence-electron chi connectivity index (χ2n) is 5.69. The van der Waals surface area contributed by atoms with E-state index in [9.17, 15) is 9.18 Å². The highest BCUT2D eigenvalue weighted by molar-refractivity contribution is 5.64. The minimum Gasteiger partial charge on any atom is -0.489 e. The highest BCUT2D eigenvalue weighted by Crippen LogP contribution is 2.23. The van der Waals surface area contributed by atoms with Gasteiger partial charge in [-0.3, -0.25) is 0 Å². The van der Waals surface area contributed by atoms with Crippen molar-refractivity contribution in [3.8, 4) is 5.75 Å². The van der Waals surface area contributed by atoms with Gasteiger partial charge in [-0.15, -0.1) is 5.06 Å². The lowest BCUT2D eigenvalue weighted by molar-refractivity contribution is -0.0926. The van der Waals surface area contributed by atoms with Crippen LogP contribution in [-0.4, -0.2) is 24.2 Å². The molecule has 1 amide bonds. The van der Waals surface area contributed by atoms with Gasteiger partial charge in [0.1, 0.15) is 18.2 Å². The number of nitrogens with zero attached hydrogens (tertiary/aromatic N) is 1. The fourth-order valence-electron chi connectivity index (χ4n) is 2.78. The first-order valence-electron chi connectivity index (χ1n) is 7.81. The Morgan fingerprint density at radius 2 is 1.92 bits per heavy atom. The van der Waals surface area contributed by atoms with Crippen LogP contribution in [0.15, 0.2) is 42.5 Å². The van der Waals surface area contributed by atoms with E-state index in [0.29, 0.717) is 19.7 Å². The van der Waals surface area contributed by atoms with Gasteiger partial charge in [0, 0.05) is 13.1 Å². The maximum atomic E-state index is 13.2. The molecule has 0 radical (unpaired) electrons. The van der Waals surface area contributed by atoms with E-state index >= 15 is 0 Å². The molecular formula is C18H19FN2O3. The van der Waals surface area contributed by atoms with E-state index in [1.807, 2.05) is 24.3 Å². The maximum absolute atomic E-state index is 13.2. The zero-order valence-electron chi connectivity index (χ0n) is 13.2. The predicted molar refractivity (Wildman–Crippen MR) is 86.8 cm³/mol. The lowest BCUT2D eigenvalue weighted by atomic mass is 10.0. The second kappa shape index (κ2) is 7.31. The molecule has 0 spiro atoms. The molecule has 0 aromatic heterocycles. The predicted octanol–water partition coefficient (Wildman–Crippen LogP) is 2.82. The summed E-state index contributed by atoms with van der Waals surface area (Å²) in [5.41, 5.74) is 8.20. The zero-order valence-corrected chi connectivity index (χ0v) is 13.2. The molecule has 0 fully saturated rings. The summed E-state index contributed by atoms with van der Waals surface area (Å²) in [5.74, 6) is 0.467. The van der Waals surface area contributed by atoms with Gasteiger partial charge in [-0.05, 0) is 53.8 Å². The van der Waals surface area contributed by atoms with Crippen LogP contribution in [-0.2, 0) is 24.3 Å². The first kappa shape index (κ1) is 16.3. The van der Waals surface area contributed by atoms with E-state index in [1.165, 1.54) is 17.7 Å². The Kier molecular flexibility index (Phi) is 4.96. The lowest BCUT2D eigenvalue weighted by Crippen LogP contribution is -2.32. The normalized spacial score (nSPS) is 14.5. The van der Waals surface area contributed by atoms with E-state index in [-0.39, 0.29) is 5.82 Å². The van der Waals surface area contributed by atoms with Gasteiger partial charge in [0.05, 0.1) is 0 Å². The van der Waals surface area contributed by atoms with Crippen molar-refractivity contribution in [1.82, 2.24) is 5.06 Å². The van der Waals surface area contributed by atoms with Gasteiger partial charge in [0.15, 0.2) is 0 Å². The van der Waals surface area contributed by atoms with Crippen LogP contribution in [0.25, 0.3) is 0 Å². The highest BCUT2D eigenvalue weighted by atomic mass is 19.1. The molecule has 1 aliphatic heterocycles. The number of hydrogen-bond donors (Lipinski definition) is 1. The van der Waals surface area contributed by atoms with Gasteiger partial charge in [0.2, 0.25) is 0 Å². The van der Waals surface area contributed by atoms with Crippen LogP contribution in [0.5, 0.6) is 5.75 Å². The van der Waals surface area contributed by atoms with E-state index in [1.54, 1.807) is 11.1 Å². The van der Waals surface area contributed by atoms with Gasteiger partial charge in [0.25, 0.3) is 0 Å². The van der Waals surface area contributed by atoms with Crippen molar-refractivity contribution < 1.29 is 18.8 Å². The second-order valence-corrected chi connectivity index (χ2v) is 5.69. The highest BCUT2D eigenvalue weighted by Gasteiger charge is 2.16. The third kappa shape index (κ3) is 4.23. The monoisotopic (exact) mass is 330 g/mol. The van der Waals surface area contributed by atoms with Crippen LogP contribution in [0.3, 0.4) is 0 Å². The van der Waals surface area contributed by atoms with E-state index in [0.717, 1.165) is 29.7 Å². The summed E-state index contributed by atoms with van der Waals surface area (Å²) >= 11 is 0. The summed E-state index contributed by atoms with van der Waals surface area (Å²) in [6.45, 7) is 1.51. The molecule has 0 bridgehead atoms. The fraction of sp³-hybridized carbons (Fsp3) is 0.278. The van der Waals surface area contributed by atoms with Gasteiger partial charge in [-0.25, -0.2) is 9.18 Å². The zero-order chi connectivity index (χ0) is 16.9. The quantitative estimate of drug-likeness (QED) is 0.936. The molecule has 0 saturated carbocycles. The number of benzene rings is 2. The van der Waals surface area contributed by atoms with Gasteiger partial charge in [-0.2, -0.15) is 0 Å². The van der Waals surface area contributed by atoms with Gasteiger partial charge >= 0.3 is 6.09 Å². The van der Waals surface area contributed by atoms with Crippen LogP contribution in [0.4, 0.5) is 9.18 Å². The Balaban J connectivity index is 1.64. The molecule has 0 saturated heterocycles. The van der Waals surface area contributed by atoms with Crippen LogP contribution in [0.2, 0.25) is 0 Å². The van der Waals surface area contributed by atoms with Gasteiger partial charge in [-0.1, -0.05) is 18.2 Å². The molecular weight excluding hydrogens is 311 g/mol. The largest absolute Gasteiger partial charge is 0.489 e. The van der Waals surface area contributed by atoms with Crippen molar-refractivity contribution in [1.29, 1.82) is 0 Å². The smallest absolute Gasteiger partial charge is 0.423 e. The first-order chi connectivity index (χ1) is 11.6. The average molecular weight is 330 g/mol. The minimum atomic E-state index is -0.792. The lowest BCUT2D eigenvalue weighted by Gasteiger charge is -2.16. The van der Waals surface area contributed by atoms with E-state index in [4.69, 9.17) is 15.3 Å². The molecule has 1 heterocycles. The summed E-state index contributed by atoms with van der Waals surface area (Å²) in [4.78, 5) is 15.8. The number of hydroxylamine groups is 2. The molecule has 2 aromatic carbocycles. The minimum absolute atomic E-state index is 0.271. The molecule has 0 unspecified atom stereocenters. The molecule has 0 atom stereocenters. The van der Waals surface area contributed by atoms with Gasteiger partial charge < -0.3 is 15.3 Å². The molecule has 5 nitrogen and oxygen atoms in total. The summed E-state index contributed by atoms with van der Waals surface area (Å²) in [6.07, 6.45) is 0.715. The number of fused-ring (bicyclic) bond motifs is 1. The van der Waals surface area contributed by atoms with Crippen LogP contribution < -0.4 is 10.5 Å². The number of carbonyl (C=O) groups is 1. The van der Waals surface area contributed by atoms with E-state index < -0.39 is 6.09 Å². The molecule has 126 valence electrons. The number of rotatable bonds is 4. The molecule has 0 aliphatic carbocycles. The number of amides is 1. The summed E-state index contributed by atoms with van der Waals surface area (Å²) < 4.78 is 18.9. The maximum Gasteiger partial charge on any atom is 0.423 e. The van der Waals surface area contributed by atoms with E-state index in [2.05, 4.69) is 0 Å². The summed E-state index contributed by atoms with van der Waals surface area (Å²) in [5, 5.41) is 1.58. The molecule has 3 rings (SSSR count). The Labute approximate surface area is 139 Å².